The summed E-state index contributed by atoms with van der Waals surface area (Å²) < 4.78 is 10.8. The molecule has 4 rings (SSSR count). The summed E-state index contributed by atoms with van der Waals surface area (Å²) in [6.07, 6.45) is 4.32. The molecule has 2 aromatic heterocycles. The number of anilines is 1. The minimum Gasteiger partial charge on any atom is -0.459 e. The van der Waals surface area contributed by atoms with Gasteiger partial charge in [-0.05, 0) is 45.7 Å². The molecule has 1 saturated heterocycles. The topological polar surface area (TPSA) is 93.7 Å². The first kappa shape index (κ1) is 21.7. The third-order valence-corrected chi connectivity index (χ3v) is 6.36. The van der Waals surface area contributed by atoms with Crippen LogP contribution in [0.4, 0.5) is 5.95 Å². The second-order valence-corrected chi connectivity index (χ2v) is 9.94. The number of rotatable bonds is 5. The minimum atomic E-state index is -0.569. The zero-order chi connectivity index (χ0) is 22.0. The molecule has 0 spiro atoms. The normalized spacial score (nSPS) is 17.4. The van der Waals surface area contributed by atoms with Gasteiger partial charge in [-0.1, -0.05) is 0 Å². The molecular formula is C22H28N4O4S. The summed E-state index contributed by atoms with van der Waals surface area (Å²) in [6, 6.07) is 4.04. The second kappa shape index (κ2) is 8.92. The minimum absolute atomic E-state index is 0.0343. The van der Waals surface area contributed by atoms with Gasteiger partial charge >= 0.3 is 5.97 Å². The number of fused-ring (bicyclic) bond motifs is 1. The van der Waals surface area contributed by atoms with E-state index in [2.05, 4.69) is 15.3 Å². The molecule has 0 radical (unpaired) electrons. The number of hydrogen-bond donors (Lipinski definition) is 1. The van der Waals surface area contributed by atoms with Crippen molar-refractivity contribution in [1.82, 2.24) is 14.9 Å². The highest BCUT2D eigenvalue weighted by Crippen LogP contribution is 2.34. The molecule has 0 saturated carbocycles. The number of amides is 1. The second-order valence-electron chi connectivity index (χ2n) is 8.81. The number of nitrogens with zero attached hydrogens (tertiary/aromatic N) is 3. The van der Waals surface area contributed by atoms with Crippen molar-refractivity contribution in [1.29, 1.82) is 0 Å². The smallest absolute Gasteiger partial charge is 0.326 e. The third-order valence-electron chi connectivity index (χ3n) is 5.14. The lowest BCUT2D eigenvalue weighted by Gasteiger charge is -2.27. The average Bonchev–Trinajstić information content (AvgIpc) is 3.15. The van der Waals surface area contributed by atoms with E-state index in [1.54, 1.807) is 22.4 Å². The molecular weight excluding hydrogens is 416 g/mol. The van der Waals surface area contributed by atoms with Crippen LogP contribution >= 0.6 is 11.3 Å². The molecule has 2 aliphatic rings. The number of carbonyl (C=O) groups excluding carboxylic acids is 2. The van der Waals surface area contributed by atoms with Gasteiger partial charge in [0.2, 0.25) is 5.95 Å². The summed E-state index contributed by atoms with van der Waals surface area (Å²) in [7, 11) is 0. The van der Waals surface area contributed by atoms with Crippen molar-refractivity contribution in [3.8, 4) is 10.6 Å². The Bertz CT molecular complexity index is 963. The van der Waals surface area contributed by atoms with Gasteiger partial charge < -0.3 is 19.7 Å². The van der Waals surface area contributed by atoms with Crippen LogP contribution in [0.5, 0.6) is 0 Å². The predicted octanol–water partition coefficient (Wildman–Crippen LogP) is 3.14. The van der Waals surface area contributed by atoms with Crippen molar-refractivity contribution >= 4 is 29.2 Å². The van der Waals surface area contributed by atoms with Gasteiger partial charge in [-0.25, -0.2) is 9.97 Å². The molecule has 1 fully saturated rings. The van der Waals surface area contributed by atoms with E-state index in [9.17, 15) is 9.59 Å². The maximum atomic E-state index is 13.0. The summed E-state index contributed by atoms with van der Waals surface area (Å²) in [6.45, 7) is 7.42. The maximum Gasteiger partial charge on any atom is 0.326 e. The zero-order valence-electron chi connectivity index (χ0n) is 18.1. The van der Waals surface area contributed by atoms with Gasteiger partial charge in [0.25, 0.3) is 5.91 Å². The van der Waals surface area contributed by atoms with Crippen LogP contribution in [0.15, 0.2) is 18.3 Å². The van der Waals surface area contributed by atoms with E-state index in [4.69, 9.17) is 9.47 Å². The first-order valence-corrected chi connectivity index (χ1v) is 11.4. The lowest BCUT2D eigenvalue weighted by molar-refractivity contribution is -0.155. The summed E-state index contributed by atoms with van der Waals surface area (Å²) in [5.74, 6) is 0.0669. The number of carbonyl (C=O) groups is 2. The number of nitrogens with one attached hydrogen (secondary N) is 1. The van der Waals surface area contributed by atoms with Crippen LogP contribution in [0, 0.1) is 0 Å². The van der Waals surface area contributed by atoms with Gasteiger partial charge in [-0.3, -0.25) is 9.59 Å². The molecule has 31 heavy (non-hydrogen) atoms. The van der Waals surface area contributed by atoms with E-state index in [1.807, 2.05) is 32.9 Å². The summed E-state index contributed by atoms with van der Waals surface area (Å²) in [5, 5.41) is 3.38. The van der Waals surface area contributed by atoms with Gasteiger partial charge in [0.1, 0.15) is 12.1 Å². The van der Waals surface area contributed by atoms with Crippen molar-refractivity contribution in [2.45, 2.75) is 51.7 Å². The van der Waals surface area contributed by atoms with E-state index >= 15 is 0 Å². The molecule has 0 unspecified atom stereocenters. The van der Waals surface area contributed by atoms with Crippen LogP contribution < -0.4 is 5.32 Å². The van der Waals surface area contributed by atoms with Gasteiger partial charge in [0.05, 0.1) is 16.1 Å². The largest absolute Gasteiger partial charge is 0.459 e. The fraction of sp³-hybridized carbons (Fsp3) is 0.545. The standard InChI is InChI=1S/C22H28N4O4S/c1-22(2,3)30-19(27)13-26-9-5-17-15(20(26)28)12-18(31-17)16-4-8-23-21(25-16)24-14-6-10-29-11-7-14/h4,8,12,14H,5-7,9-11,13H2,1-3H3,(H,23,24,25). The number of aromatic nitrogens is 2. The fourth-order valence-electron chi connectivity index (χ4n) is 3.70. The fourth-order valence-corrected chi connectivity index (χ4v) is 4.81. The van der Waals surface area contributed by atoms with E-state index < -0.39 is 5.60 Å². The van der Waals surface area contributed by atoms with Gasteiger partial charge in [0.15, 0.2) is 0 Å². The SMILES string of the molecule is CC(C)(C)OC(=O)CN1CCc2sc(-c3ccnc(NC4CCOCC4)n3)cc2C1=O. The highest BCUT2D eigenvalue weighted by molar-refractivity contribution is 7.15. The first-order valence-electron chi connectivity index (χ1n) is 10.6. The number of ether oxygens (including phenoxy) is 2. The number of thiophene rings is 1. The van der Waals surface area contributed by atoms with Crippen LogP contribution in [-0.2, 0) is 20.7 Å². The van der Waals surface area contributed by atoms with E-state index in [-0.39, 0.29) is 18.4 Å². The van der Waals surface area contributed by atoms with E-state index in [0.29, 0.717) is 30.5 Å². The molecule has 2 aliphatic heterocycles. The van der Waals surface area contributed by atoms with Crippen molar-refractivity contribution in [2.24, 2.45) is 0 Å². The first-order chi connectivity index (χ1) is 14.8. The average molecular weight is 445 g/mol. The molecule has 8 nitrogen and oxygen atoms in total. The third kappa shape index (κ3) is 5.40. The predicted molar refractivity (Wildman–Crippen MR) is 118 cm³/mol. The monoisotopic (exact) mass is 444 g/mol. The lowest BCUT2D eigenvalue weighted by Crippen LogP contribution is -2.42. The Morgan fingerprint density at radius 2 is 2.13 bits per heavy atom. The zero-order valence-corrected chi connectivity index (χ0v) is 19.0. The summed E-state index contributed by atoms with van der Waals surface area (Å²) in [5.41, 5.74) is 0.864. The van der Waals surface area contributed by atoms with E-state index in [0.717, 1.165) is 41.5 Å². The molecule has 9 heteroatoms. The Morgan fingerprint density at radius 1 is 1.35 bits per heavy atom. The van der Waals surface area contributed by atoms with E-state index in [1.165, 1.54) is 0 Å². The van der Waals surface area contributed by atoms with Gasteiger partial charge in [-0.15, -0.1) is 11.3 Å². The number of hydrogen-bond acceptors (Lipinski definition) is 8. The quantitative estimate of drug-likeness (QED) is 0.708. The summed E-state index contributed by atoms with van der Waals surface area (Å²) >= 11 is 1.58. The van der Waals surface area contributed by atoms with Crippen LogP contribution in [-0.4, -0.2) is 64.7 Å². The Morgan fingerprint density at radius 3 is 2.87 bits per heavy atom. The molecule has 4 heterocycles. The number of esters is 1. The Balaban J connectivity index is 1.47. The van der Waals surface area contributed by atoms with Crippen LogP contribution in [0.2, 0.25) is 0 Å². The molecule has 166 valence electrons. The maximum absolute atomic E-state index is 13.0. The summed E-state index contributed by atoms with van der Waals surface area (Å²) in [4.78, 5) is 37.6. The van der Waals surface area contributed by atoms with Crippen LogP contribution in [0.25, 0.3) is 10.6 Å². The lowest BCUT2D eigenvalue weighted by atomic mass is 10.1. The molecule has 0 atom stereocenters. The van der Waals surface area contributed by atoms with Crippen LogP contribution in [0.1, 0.15) is 48.8 Å². The highest BCUT2D eigenvalue weighted by atomic mass is 32.1. The van der Waals surface area contributed by atoms with Crippen molar-refractivity contribution in [2.75, 3.05) is 31.6 Å². The van der Waals surface area contributed by atoms with Crippen molar-refractivity contribution < 1.29 is 19.1 Å². The van der Waals surface area contributed by atoms with Gasteiger partial charge in [-0.2, -0.15) is 0 Å². The Labute approximate surface area is 186 Å². The van der Waals surface area contributed by atoms with Crippen molar-refractivity contribution in [3.05, 3.63) is 28.8 Å². The van der Waals surface area contributed by atoms with Gasteiger partial charge in [0, 0.05) is 43.3 Å². The molecule has 2 aromatic rings. The van der Waals surface area contributed by atoms with Crippen LogP contribution in [0.3, 0.4) is 0 Å². The molecule has 0 aliphatic carbocycles. The molecule has 0 aromatic carbocycles. The molecule has 1 amide bonds. The Kier molecular flexibility index (Phi) is 6.24. The molecule has 0 bridgehead atoms. The van der Waals surface area contributed by atoms with Crippen molar-refractivity contribution in [3.63, 3.8) is 0 Å². The Hall–Kier alpha value is -2.52. The highest BCUT2D eigenvalue weighted by Gasteiger charge is 2.30. The molecule has 1 N–H and O–H groups in total.